The van der Waals surface area contributed by atoms with Gasteiger partial charge in [-0.05, 0) is 66.1 Å². The van der Waals surface area contributed by atoms with E-state index >= 15 is 0 Å². The molecule has 0 aliphatic heterocycles. The topological polar surface area (TPSA) is 120 Å². The van der Waals surface area contributed by atoms with Gasteiger partial charge >= 0.3 is 0 Å². The fourth-order valence-corrected chi connectivity index (χ4v) is 7.44. The molecule has 2 aliphatic rings. The number of nitrogens with zero attached hydrogens (tertiary/aromatic N) is 3. The highest BCUT2D eigenvalue weighted by Gasteiger charge is 2.33. The Hall–Kier alpha value is -4.89. The molecule has 2 aromatic heterocycles. The number of rotatable bonds is 12. The maximum absolute atomic E-state index is 14.0. The maximum atomic E-state index is 14.0. The first-order valence-electron chi connectivity index (χ1n) is 17.0. The Bertz CT molecular complexity index is 1940. The Morgan fingerprint density at radius 1 is 1.00 bits per heavy atom. The molecule has 0 spiro atoms. The number of nitrogens with two attached hydrogens (primary N) is 1. The van der Waals surface area contributed by atoms with Crippen LogP contribution < -0.4 is 20.5 Å². The summed E-state index contributed by atoms with van der Waals surface area (Å²) in [6.45, 7) is 0.476. The molecule has 7 rings (SSSR count). The molecule has 5 aromatic rings. The Kier molecular flexibility index (Phi) is 9.29. The molecule has 3 atom stereocenters. The number of carbonyl (C=O) groups excluding carboxylic acids is 1. The Labute approximate surface area is 281 Å². The molecule has 9 heteroatoms. The monoisotopic (exact) mass is 644 g/mol. The van der Waals surface area contributed by atoms with Crippen LogP contribution in [0.4, 0.5) is 0 Å². The van der Waals surface area contributed by atoms with Crippen LogP contribution in [0.3, 0.4) is 0 Å². The average molecular weight is 645 g/mol. The van der Waals surface area contributed by atoms with Crippen LogP contribution in [0.5, 0.6) is 11.5 Å². The van der Waals surface area contributed by atoms with Crippen molar-refractivity contribution in [3.63, 3.8) is 0 Å². The van der Waals surface area contributed by atoms with Crippen molar-refractivity contribution in [3.05, 3.63) is 113 Å². The fourth-order valence-electron chi connectivity index (χ4n) is 7.44. The number of aryl methyl sites for hydroxylation is 2. The van der Waals surface area contributed by atoms with Crippen LogP contribution in [0.1, 0.15) is 72.0 Å². The summed E-state index contributed by atoms with van der Waals surface area (Å²) >= 11 is 0. The van der Waals surface area contributed by atoms with E-state index in [1.54, 1.807) is 14.2 Å². The number of aromatic amines is 1. The van der Waals surface area contributed by atoms with E-state index in [1.807, 2.05) is 24.3 Å². The predicted molar refractivity (Wildman–Crippen MR) is 188 cm³/mol. The van der Waals surface area contributed by atoms with Crippen LogP contribution in [0.25, 0.3) is 16.5 Å². The summed E-state index contributed by atoms with van der Waals surface area (Å²) in [5.74, 6) is 2.80. The summed E-state index contributed by atoms with van der Waals surface area (Å²) in [7, 11) is 3.32. The smallest absolute Gasteiger partial charge is 0.225 e. The molecule has 1 fully saturated rings. The van der Waals surface area contributed by atoms with Gasteiger partial charge in [-0.3, -0.25) is 4.79 Å². The number of methoxy groups -OCH3 is 2. The summed E-state index contributed by atoms with van der Waals surface area (Å²) in [4.78, 5) is 17.4. The van der Waals surface area contributed by atoms with Crippen LogP contribution in [-0.2, 0) is 30.6 Å². The molecule has 48 heavy (non-hydrogen) atoms. The molecule has 2 aliphatic carbocycles. The van der Waals surface area contributed by atoms with Gasteiger partial charge in [-0.2, -0.15) is 0 Å². The van der Waals surface area contributed by atoms with Crippen molar-refractivity contribution in [2.24, 2.45) is 11.7 Å². The van der Waals surface area contributed by atoms with Gasteiger partial charge in [-0.25, -0.2) is 0 Å². The van der Waals surface area contributed by atoms with Gasteiger partial charge in [-0.15, -0.1) is 10.2 Å². The predicted octanol–water partition coefficient (Wildman–Crippen LogP) is 6.31. The van der Waals surface area contributed by atoms with Gasteiger partial charge in [0.05, 0.1) is 32.7 Å². The summed E-state index contributed by atoms with van der Waals surface area (Å²) in [6.07, 6.45) is 11.1. The summed E-state index contributed by atoms with van der Waals surface area (Å²) in [5.41, 5.74) is 13.6. The summed E-state index contributed by atoms with van der Waals surface area (Å²) < 4.78 is 13.5. The molecule has 3 aromatic carbocycles. The van der Waals surface area contributed by atoms with Gasteiger partial charge in [-0.1, -0.05) is 61.4 Å². The summed E-state index contributed by atoms with van der Waals surface area (Å²) in [5, 5.41) is 14.3. The third kappa shape index (κ3) is 6.47. The largest absolute Gasteiger partial charge is 0.497 e. The number of aromatic nitrogens is 4. The lowest BCUT2D eigenvalue weighted by molar-refractivity contribution is -0.127. The number of carbonyl (C=O) groups is 1. The standard InChI is InChI=1S/C39H44N6O3/c1-47-29-19-17-28(36(22-29)48-2)24-45-37(20-18-27-23-41-34-14-8-6-11-31(27)34)43-44-38(45)35(42-39(46)32-12-5-7-13-33(32)40)21-26-16-15-25-9-3-4-10-30(25)26/h3-4,6,8-11,14,16-17,19,22-23,32-33,35,41H,5,7,12-13,15,18,20-21,24,40H2,1-2H3,(H,42,46)/t32?,33?,35-/m1/s1. The second kappa shape index (κ2) is 14.1. The number of hydrogen-bond acceptors (Lipinski definition) is 6. The van der Waals surface area contributed by atoms with Crippen molar-refractivity contribution < 1.29 is 14.3 Å². The number of ether oxygens (including phenoxy) is 2. The van der Waals surface area contributed by atoms with Gasteiger partial charge in [0.25, 0.3) is 0 Å². The minimum Gasteiger partial charge on any atom is -0.497 e. The highest BCUT2D eigenvalue weighted by atomic mass is 16.5. The van der Waals surface area contributed by atoms with Crippen LogP contribution >= 0.6 is 0 Å². The van der Waals surface area contributed by atoms with Crippen LogP contribution in [0.2, 0.25) is 0 Å². The maximum Gasteiger partial charge on any atom is 0.225 e. The van der Waals surface area contributed by atoms with E-state index in [9.17, 15) is 4.79 Å². The van der Waals surface area contributed by atoms with Crippen LogP contribution in [-0.4, -0.2) is 45.9 Å². The molecule has 0 saturated heterocycles. The molecule has 2 heterocycles. The van der Waals surface area contributed by atoms with Crippen molar-refractivity contribution in [2.75, 3.05) is 14.2 Å². The molecule has 4 N–H and O–H groups in total. The van der Waals surface area contributed by atoms with Gasteiger partial charge in [0.15, 0.2) is 5.82 Å². The zero-order valence-corrected chi connectivity index (χ0v) is 27.7. The summed E-state index contributed by atoms with van der Waals surface area (Å²) in [6, 6.07) is 22.2. The van der Waals surface area contributed by atoms with Crippen LogP contribution in [0, 0.1) is 5.92 Å². The first-order valence-corrected chi connectivity index (χ1v) is 17.0. The van der Waals surface area contributed by atoms with Gasteiger partial charge < -0.3 is 30.1 Å². The van der Waals surface area contributed by atoms with E-state index in [-0.39, 0.29) is 17.9 Å². The highest BCUT2D eigenvalue weighted by molar-refractivity contribution is 5.83. The zero-order valence-electron chi connectivity index (χ0n) is 27.7. The molecule has 0 radical (unpaired) electrons. The van der Waals surface area contributed by atoms with Gasteiger partial charge in [0.1, 0.15) is 17.3 Å². The third-order valence-corrected chi connectivity index (χ3v) is 10.1. The van der Waals surface area contributed by atoms with E-state index in [1.165, 1.54) is 27.6 Å². The minimum absolute atomic E-state index is 0.00370. The first kappa shape index (κ1) is 31.7. The molecular formula is C39H44N6O3. The first-order chi connectivity index (χ1) is 23.5. The highest BCUT2D eigenvalue weighted by Crippen LogP contribution is 2.36. The average Bonchev–Trinajstić information content (AvgIpc) is 3.84. The van der Waals surface area contributed by atoms with Gasteiger partial charge in [0, 0.05) is 47.6 Å². The number of hydrogen-bond donors (Lipinski definition) is 3. The third-order valence-electron chi connectivity index (χ3n) is 10.1. The normalized spacial score (nSPS) is 17.9. The van der Waals surface area contributed by atoms with E-state index < -0.39 is 6.04 Å². The number of amides is 1. The van der Waals surface area contributed by atoms with Crippen molar-refractivity contribution in [1.82, 2.24) is 25.1 Å². The number of fused-ring (bicyclic) bond motifs is 2. The molecule has 1 saturated carbocycles. The van der Waals surface area contributed by atoms with E-state index in [2.05, 4.69) is 69.6 Å². The lowest BCUT2D eigenvalue weighted by atomic mass is 9.84. The molecule has 9 nitrogen and oxygen atoms in total. The SMILES string of the molecule is COc1ccc(Cn2c(CCc3c[nH]c4ccccc34)nnc2[C@@H](CC2=CCc3ccccc32)NC(=O)C2CCCCC2N)c(OC)c1. The molecule has 0 bridgehead atoms. The molecular weight excluding hydrogens is 600 g/mol. The Balaban J connectivity index is 1.27. The van der Waals surface area contributed by atoms with Crippen molar-refractivity contribution in [2.45, 2.75) is 70.0 Å². The molecule has 1 amide bonds. The lowest BCUT2D eigenvalue weighted by Crippen LogP contribution is -2.45. The second-order valence-corrected chi connectivity index (χ2v) is 13.0. The van der Waals surface area contributed by atoms with Crippen molar-refractivity contribution >= 4 is 22.4 Å². The van der Waals surface area contributed by atoms with Crippen molar-refractivity contribution in [3.8, 4) is 11.5 Å². The number of nitrogens with one attached hydrogen (secondary N) is 2. The van der Waals surface area contributed by atoms with Crippen LogP contribution in [0.15, 0.2) is 79.0 Å². The number of para-hydroxylation sites is 1. The quantitative estimate of drug-likeness (QED) is 0.146. The van der Waals surface area contributed by atoms with Gasteiger partial charge in [0.2, 0.25) is 5.91 Å². The second-order valence-electron chi connectivity index (χ2n) is 13.0. The number of H-pyrrole nitrogens is 1. The Morgan fingerprint density at radius 2 is 1.83 bits per heavy atom. The number of allylic oxidation sites excluding steroid dienone is 1. The van der Waals surface area contributed by atoms with E-state index in [0.29, 0.717) is 19.4 Å². The Morgan fingerprint density at radius 3 is 2.69 bits per heavy atom. The number of benzene rings is 3. The molecule has 2 unspecified atom stereocenters. The molecule has 248 valence electrons. The minimum atomic E-state index is -0.400. The zero-order chi connectivity index (χ0) is 33.0. The lowest BCUT2D eigenvalue weighted by Gasteiger charge is -2.30. The van der Waals surface area contributed by atoms with Crippen molar-refractivity contribution in [1.29, 1.82) is 0 Å². The van der Waals surface area contributed by atoms with E-state index in [0.717, 1.165) is 72.8 Å². The fraction of sp³-hybridized carbons (Fsp3) is 0.359. The van der Waals surface area contributed by atoms with E-state index in [4.69, 9.17) is 25.4 Å².